The number of fused-ring (bicyclic) bond motifs is 1. The van der Waals surface area contributed by atoms with Crippen molar-refractivity contribution in [3.8, 4) is 0 Å². The molecule has 1 heterocycles. The molecule has 1 aliphatic heterocycles. The van der Waals surface area contributed by atoms with Crippen LogP contribution in [0.1, 0.15) is 52.6 Å². The van der Waals surface area contributed by atoms with Gasteiger partial charge in [-0.15, -0.1) is 0 Å². The quantitative estimate of drug-likeness (QED) is 0.319. The number of rotatable bonds is 5. The normalized spacial score (nSPS) is 12.7. The Morgan fingerprint density at radius 2 is 1.66 bits per heavy atom. The van der Waals surface area contributed by atoms with E-state index in [-0.39, 0.29) is 22.5 Å². The Labute approximate surface area is 189 Å². The summed E-state index contributed by atoms with van der Waals surface area (Å²) in [5.74, 6) is -2.14. The van der Waals surface area contributed by atoms with Crippen LogP contribution in [0, 0.1) is 13.8 Å². The number of anilines is 1. The second kappa shape index (κ2) is 8.40. The molecule has 0 atom stereocenters. The van der Waals surface area contributed by atoms with Crippen molar-refractivity contribution >= 4 is 40.9 Å². The maximum absolute atomic E-state index is 12.9. The first kappa shape index (κ1) is 21.5. The first-order chi connectivity index (χ1) is 15.3. The van der Waals surface area contributed by atoms with Crippen LogP contribution < -0.4 is 4.90 Å². The molecule has 6 nitrogen and oxygen atoms in total. The molecule has 3 aromatic rings. The standard InChI is InChI=1S/C25H18ClNO5/c1-14-6-7-15(2)20(10-14)22(28)13-32-25(31)16-8-9-19-21(11-16)24(30)27(23(19)29)18-5-3-4-17(26)12-18/h3-12H,13H2,1-2H3. The number of benzene rings is 3. The van der Waals surface area contributed by atoms with Crippen LogP contribution in [0.3, 0.4) is 0 Å². The van der Waals surface area contributed by atoms with Crippen LogP contribution in [-0.2, 0) is 4.74 Å². The minimum Gasteiger partial charge on any atom is -0.454 e. The Hall–Kier alpha value is -3.77. The van der Waals surface area contributed by atoms with E-state index in [2.05, 4.69) is 0 Å². The van der Waals surface area contributed by atoms with Gasteiger partial charge in [-0.2, -0.15) is 0 Å². The van der Waals surface area contributed by atoms with Crippen LogP contribution in [-0.4, -0.2) is 30.2 Å². The summed E-state index contributed by atoms with van der Waals surface area (Å²) in [6.45, 7) is 3.25. The number of carbonyl (C=O) groups excluding carboxylic acids is 4. The number of Topliss-reactive ketones (excluding diaryl/α,β-unsaturated/α-hetero) is 1. The predicted octanol–water partition coefficient (Wildman–Crippen LogP) is 4.80. The molecule has 32 heavy (non-hydrogen) atoms. The highest BCUT2D eigenvalue weighted by molar-refractivity contribution is 6.35. The van der Waals surface area contributed by atoms with Crippen molar-refractivity contribution in [2.24, 2.45) is 0 Å². The molecule has 0 spiro atoms. The third-order valence-corrected chi connectivity index (χ3v) is 5.45. The highest BCUT2D eigenvalue weighted by atomic mass is 35.5. The molecule has 0 bridgehead atoms. The number of esters is 1. The summed E-state index contributed by atoms with van der Waals surface area (Å²) < 4.78 is 5.17. The van der Waals surface area contributed by atoms with E-state index in [0.29, 0.717) is 16.3 Å². The number of imide groups is 1. The van der Waals surface area contributed by atoms with Crippen molar-refractivity contribution in [3.05, 3.63) is 99.1 Å². The molecule has 4 rings (SSSR count). The van der Waals surface area contributed by atoms with Gasteiger partial charge in [0.05, 0.1) is 22.4 Å². The van der Waals surface area contributed by atoms with Gasteiger partial charge in [0.25, 0.3) is 11.8 Å². The number of hydrogen-bond acceptors (Lipinski definition) is 5. The number of ketones is 1. The number of hydrogen-bond donors (Lipinski definition) is 0. The molecule has 0 aliphatic carbocycles. The molecular weight excluding hydrogens is 430 g/mol. The monoisotopic (exact) mass is 447 g/mol. The number of nitrogens with zero attached hydrogens (tertiary/aromatic N) is 1. The largest absolute Gasteiger partial charge is 0.454 e. The number of carbonyl (C=O) groups is 4. The number of amides is 2. The van der Waals surface area contributed by atoms with Gasteiger partial charge in [-0.1, -0.05) is 35.4 Å². The highest BCUT2D eigenvalue weighted by Gasteiger charge is 2.37. The Morgan fingerprint density at radius 1 is 0.906 bits per heavy atom. The minimum absolute atomic E-state index is 0.0756. The third-order valence-electron chi connectivity index (χ3n) is 5.22. The van der Waals surface area contributed by atoms with Gasteiger partial charge >= 0.3 is 5.97 Å². The average Bonchev–Trinajstić information content (AvgIpc) is 3.03. The second-order valence-electron chi connectivity index (χ2n) is 7.50. The van der Waals surface area contributed by atoms with E-state index < -0.39 is 24.4 Å². The van der Waals surface area contributed by atoms with Crippen molar-refractivity contribution in [1.29, 1.82) is 0 Å². The first-order valence-corrected chi connectivity index (χ1v) is 10.2. The summed E-state index contributed by atoms with van der Waals surface area (Å²) >= 11 is 5.98. The summed E-state index contributed by atoms with van der Waals surface area (Å²) in [5.41, 5.74) is 2.89. The average molecular weight is 448 g/mol. The highest BCUT2D eigenvalue weighted by Crippen LogP contribution is 2.30. The minimum atomic E-state index is -0.757. The lowest BCUT2D eigenvalue weighted by Crippen LogP contribution is -2.29. The van der Waals surface area contributed by atoms with Gasteiger partial charge in [-0.25, -0.2) is 9.69 Å². The number of halogens is 1. The van der Waals surface area contributed by atoms with Crippen LogP contribution >= 0.6 is 11.6 Å². The van der Waals surface area contributed by atoms with Crippen LogP contribution in [0.4, 0.5) is 5.69 Å². The van der Waals surface area contributed by atoms with Crippen molar-refractivity contribution in [1.82, 2.24) is 0 Å². The second-order valence-corrected chi connectivity index (χ2v) is 7.94. The fourth-order valence-electron chi connectivity index (χ4n) is 3.55. The van der Waals surface area contributed by atoms with Crippen LogP contribution in [0.15, 0.2) is 60.7 Å². The summed E-state index contributed by atoms with van der Waals surface area (Å²) in [4.78, 5) is 51.6. The zero-order valence-electron chi connectivity index (χ0n) is 17.3. The summed E-state index contributed by atoms with van der Waals surface area (Å²) in [6.07, 6.45) is 0. The maximum atomic E-state index is 12.9. The number of aryl methyl sites for hydroxylation is 2. The van der Waals surface area contributed by atoms with Gasteiger partial charge < -0.3 is 4.74 Å². The van der Waals surface area contributed by atoms with Gasteiger partial charge in [0.15, 0.2) is 6.61 Å². The van der Waals surface area contributed by atoms with E-state index in [1.807, 2.05) is 26.0 Å². The zero-order valence-corrected chi connectivity index (χ0v) is 18.1. The fraction of sp³-hybridized carbons (Fsp3) is 0.120. The smallest absolute Gasteiger partial charge is 0.338 e. The summed E-state index contributed by atoms with van der Waals surface area (Å²) in [6, 6.07) is 16.0. The lowest BCUT2D eigenvalue weighted by Gasteiger charge is -2.13. The lowest BCUT2D eigenvalue weighted by molar-refractivity contribution is 0.0474. The van der Waals surface area contributed by atoms with E-state index in [4.69, 9.17) is 16.3 Å². The maximum Gasteiger partial charge on any atom is 0.338 e. The van der Waals surface area contributed by atoms with Crippen molar-refractivity contribution in [2.45, 2.75) is 13.8 Å². The van der Waals surface area contributed by atoms with Gasteiger partial charge in [0, 0.05) is 10.6 Å². The molecule has 0 saturated heterocycles. The molecule has 0 radical (unpaired) electrons. The Balaban J connectivity index is 1.52. The van der Waals surface area contributed by atoms with E-state index in [0.717, 1.165) is 16.0 Å². The SMILES string of the molecule is Cc1ccc(C)c(C(=O)COC(=O)c2ccc3c(c2)C(=O)N(c2cccc(Cl)c2)C3=O)c1. The molecule has 160 valence electrons. The Morgan fingerprint density at radius 3 is 2.41 bits per heavy atom. The third kappa shape index (κ3) is 3.92. The van der Waals surface area contributed by atoms with Gasteiger partial charge in [-0.3, -0.25) is 14.4 Å². The molecule has 0 N–H and O–H groups in total. The zero-order chi connectivity index (χ0) is 23.0. The molecule has 2 amide bonds. The van der Waals surface area contributed by atoms with Crippen molar-refractivity contribution < 1.29 is 23.9 Å². The fourth-order valence-corrected chi connectivity index (χ4v) is 3.73. The molecule has 3 aromatic carbocycles. The molecule has 0 unspecified atom stereocenters. The molecule has 7 heteroatoms. The van der Waals surface area contributed by atoms with Gasteiger partial charge in [0.1, 0.15) is 0 Å². The van der Waals surface area contributed by atoms with Crippen LogP contribution in [0.5, 0.6) is 0 Å². The van der Waals surface area contributed by atoms with E-state index in [1.165, 1.54) is 24.3 Å². The Bertz CT molecular complexity index is 1300. The van der Waals surface area contributed by atoms with Crippen LogP contribution in [0.25, 0.3) is 0 Å². The van der Waals surface area contributed by atoms with E-state index in [9.17, 15) is 19.2 Å². The number of ether oxygens (including phenoxy) is 1. The van der Waals surface area contributed by atoms with Gasteiger partial charge in [-0.05, 0) is 61.9 Å². The molecule has 0 aromatic heterocycles. The van der Waals surface area contributed by atoms with Gasteiger partial charge in [0.2, 0.25) is 5.78 Å². The van der Waals surface area contributed by atoms with Crippen molar-refractivity contribution in [3.63, 3.8) is 0 Å². The van der Waals surface area contributed by atoms with Crippen LogP contribution in [0.2, 0.25) is 5.02 Å². The topological polar surface area (TPSA) is 80.8 Å². The first-order valence-electron chi connectivity index (χ1n) is 9.82. The predicted molar refractivity (Wildman–Crippen MR) is 120 cm³/mol. The summed E-state index contributed by atoms with van der Waals surface area (Å²) in [7, 11) is 0. The van der Waals surface area contributed by atoms with E-state index in [1.54, 1.807) is 24.3 Å². The van der Waals surface area contributed by atoms with Crippen molar-refractivity contribution in [2.75, 3.05) is 11.5 Å². The lowest BCUT2D eigenvalue weighted by atomic mass is 10.0. The summed E-state index contributed by atoms with van der Waals surface area (Å²) in [5, 5.41) is 0.386. The molecule has 1 aliphatic rings. The molecule has 0 fully saturated rings. The Kier molecular flexibility index (Phi) is 5.63. The van der Waals surface area contributed by atoms with E-state index >= 15 is 0 Å². The molecule has 0 saturated carbocycles. The molecular formula is C25H18ClNO5.